The molecule has 1 aliphatic carbocycles. The molecule has 5 heteroatoms. The first-order valence-electron chi connectivity index (χ1n) is 8.29. The molecule has 2 atom stereocenters. The molecule has 1 saturated carbocycles. The van der Waals surface area contributed by atoms with Crippen LogP contribution in [0.15, 0.2) is 29.4 Å². The minimum Gasteiger partial charge on any atom is -0.300 e. The number of rotatable bonds is 4. The van der Waals surface area contributed by atoms with Crippen LogP contribution in [-0.4, -0.2) is 30.1 Å². The van der Waals surface area contributed by atoms with Gasteiger partial charge in [-0.25, -0.2) is 0 Å². The normalized spacial score (nSPS) is 26.8. The molecule has 1 aromatic rings. The Kier molecular flexibility index (Phi) is 5.24. The van der Waals surface area contributed by atoms with E-state index >= 15 is 0 Å². The van der Waals surface area contributed by atoms with Gasteiger partial charge in [-0.3, -0.25) is 4.90 Å². The summed E-state index contributed by atoms with van der Waals surface area (Å²) in [6, 6.07) is 8.92. The van der Waals surface area contributed by atoms with E-state index in [1.165, 1.54) is 31.2 Å². The fourth-order valence-electron chi connectivity index (χ4n) is 3.99. The summed E-state index contributed by atoms with van der Waals surface area (Å²) >= 11 is 5.94. The Morgan fingerprint density at radius 2 is 1.86 bits per heavy atom. The van der Waals surface area contributed by atoms with Crippen molar-refractivity contribution < 1.29 is 0 Å². The average Bonchev–Trinajstić information content (AvgIpc) is 2.99. The van der Waals surface area contributed by atoms with Gasteiger partial charge in [0, 0.05) is 16.0 Å². The van der Waals surface area contributed by atoms with Crippen LogP contribution in [-0.2, 0) is 6.42 Å². The van der Waals surface area contributed by atoms with Gasteiger partial charge >= 0.3 is 0 Å². The number of hydrogen-bond donors (Lipinski definition) is 0. The fraction of sp³-hybridized carbons (Fsp3) is 0.647. The van der Waals surface area contributed by atoms with E-state index in [-0.39, 0.29) is 6.04 Å². The van der Waals surface area contributed by atoms with Crippen molar-refractivity contribution in [3.05, 3.63) is 45.3 Å². The van der Waals surface area contributed by atoms with Crippen molar-refractivity contribution in [2.24, 2.45) is 11.0 Å². The highest BCUT2D eigenvalue weighted by Gasteiger charge is 2.33. The molecule has 0 bridgehead atoms. The van der Waals surface area contributed by atoms with Crippen LogP contribution in [0.5, 0.6) is 0 Å². The summed E-state index contributed by atoms with van der Waals surface area (Å²) < 4.78 is 0. The summed E-state index contributed by atoms with van der Waals surface area (Å²) in [6.07, 6.45) is 7.06. The van der Waals surface area contributed by atoms with Gasteiger partial charge in [-0.15, -0.1) is 0 Å². The van der Waals surface area contributed by atoms with Crippen molar-refractivity contribution in [1.29, 1.82) is 0 Å². The Morgan fingerprint density at radius 1 is 1.14 bits per heavy atom. The molecule has 1 aliphatic heterocycles. The van der Waals surface area contributed by atoms with Gasteiger partial charge in [-0.1, -0.05) is 35.3 Å². The lowest BCUT2D eigenvalue weighted by molar-refractivity contribution is 0.125. The summed E-state index contributed by atoms with van der Waals surface area (Å²) in [5.41, 5.74) is 10.1. The minimum atomic E-state index is 0.192. The third kappa shape index (κ3) is 3.75. The third-order valence-corrected chi connectivity index (χ3v) is 5.45. The molecule has 0 aromatic heterocycles. The summed E-state index contributed by atoms with van der Waals surface area (Å²) in [6.45, 7) is 2.28. The predicted molar refractivity (Wildman–Crippen MR) is 90.0 cm³/mol. The Bertz CT molecular complexity index is 530. The summed E-state index contributed by atoms with van der Waals surface area (Å²) in [4.78, 5) is 5.59. The van der Waals surface area contributed by atoms with Gasteiger partial charge in [0.05, 0.1) is 6.04 Å². The van der Waals surface area contributed by atoms with Crippen molar-refractivity contribution in [1.82, 2.24) is 4.90 Å². The Morgan fingerprint density at radius 3 is 2.55 bits per heavy atom. The van der Waals surface area contributed by atoms with Crippen LogP contribution in [0.1, 0.15) is 37.7 Å². The monoisotopic (exact) mass is 318 g/mol. The largest absolute Gasteiger partial charge is 0.300 e. The number of nitrogens with zero attached hydrogens (tertiary/aromatic N) is 4. The van der Waals surface area contributed by atoms with Gasteiger partial charge in [0.2, 0.25) is 0 Å². The van der Waals surface area contributed by atoms with E-state index in [0.717, 1.165) is 36.9 Å². The molecule has 22 heavy (non-hydrogen) atoms. The maximum absolute atomic E-state index is 8.70. The van der Waals surface area contributed by atoms with E-state index in [2.05, 4.69) is 27.1 Å². The second-order valence-corrected chi connectivity index (χ2v) is 7.02. The fourth-order valence-corrected chi connectivity index (χ4v) is 4.12. The van der Waals surface area contributed by atoms with Crippen LogP contribution in [0.2, 0.25) is 5.02 Å². The zero-order valence-electron chi connectivity index (χ0n) is 12.9. The lowest BCUT2D eigenvalue weighted by Gasteiger charge is -2.37. The predicted octanol–water partition coefficient (Wildman–Crippen LogP) is 4.83. The van der Waals surface area contributed by atoms with E-state index in [9.17, 15) is 0 Å². The van der Waals surface area contributed by atoms with Crippen molar-refractivity contribution in [2.45, 2.75) is 50.6 Å². The summed E-state index contributed by atoms with van der Waals surface area (Å²) in [5.74, 6) is 0.761. The molecule has 0 unspecified atom stereocenters. The smallest absolute Gasteiger partial charge is 0.0529 e. The van der Waals surface area contributed by atoms with Gasteiger partial charge in [0.25, 0.3) is 0 Å². The summed E-state index contributed by atoms with van der Waals surface area (Å²) in [5, 5.41) is 4.81. The van der Waals surface area contributed by atoms with Gasteiger partial charge < -0.3 is 0 Å². The first-order valence-corrected chi connectivity index (χ1v) is 8.67. The number of halogens is 1. The maximum Gasteiger partial charge on any atom is 0.0529 e. The topological polar surface area (TPSA) is 52.0 Å². The number of likely N-dealkylation sites (tertiary alicyclic amines) is 1. The second-order valence-electron chi connectivity index (χ2n) is 6.58. The van der Waals surface area contributed by atoms with Crippen molar-refractivity contribution in [3.63, 3.8) is 0 Å². The molecule has 1 heterocycles. The molecule has 2 fully saturated rings. The second kappa shape index (κ2) is 7.36. The number of benzene rings is 1. The highest BCUT2D eigenvalue weighted by Crippen LogP contribution is 2.31. The first-order chi connectivity index (χ1) is 10.8. The Hall–Kier alpha value is -1.22. The van der Waals surface area contributed by atoms with Crippen molar-refractivity contribution >= 4 is 11.6 Å². The molecule has 0 spiro atoms. The van der Waals surface area contributed by atoms with Crippen LogP contribution in [0.4, 0.5) is 0 Å². The molecule has 4 nitrogen and oxygen atoms in total. The first kappa shape index (κ1) is 15.7. The van der Waals surface area contributed by atoms with E-state index in [4.69, 9.17) is 17.1 Å². The van der Waals surface area contributed by atoms with E-state index in [1.807, 2.05) is 12.1 Å². The third-order valence-electron chi connectivity index (χ3n) is 5.20. The van der Waals surface area contributed by atoms with Crippen molar-refractivity contribution in [2.75, 3.05) is 13.1 Å². The number of hydrogen-bond acceptors (Lipinski definition) is 2. The maximum atomic E-state index is 8.70. The van der Waals surface area contributed by atoms with Crippen LogP contribution >= 0.6 is 11.6 Å². The van der Waals surface area contributed by atoms with E-state index < -0.39 is 0 Å². The molecule has 0 N–H and O–H groups in total. The minimum absolute atomic E-state index is 0.192. The van der Waals surface area contributed by atoms with E-state index in [0.29, 0.717) is 6.04 Å². The molecular formula is C17H23ClN4. The van der Waals surface area contributed by atoms with Crippen LogP contribution in [0.3, 0.4) is 0 Å². The van der Waals surface area contributed by atoms with Crippen LogP contribution in [0.25, 0.3) is 10.4 Å². The van der Waals surface area contributed by atoms with Gasteiger partial charge in [0.1, 0.15) is 0 Å². The highest BCUT2D eigenvalue weighted by molar-refractivity contribution is 6.30. The zero-order valence-corrected chi connectivity index (χ0v) is 13.6. The SMILES string of the molecule is [N-]=[N+]=N[C@@H]1CCC[C@@H]1N1CCC(Cc2ccc(Cl)cc2)CC1. The molecule has 2 aliphatic rings. The summed E-state index contributed by atoms with van der Waals surface area (Å²) in [7, 11) is 0. The Balaban J connectivity index is 1.52. The lowest BCUT2D eigenvalue weighted by Crippen LogP contribution is -2.44. The van der Waals surface area contributed by atoms with E-state index in [1.54, 1.807) is 0 Å². The average molecular weight is 319 g/mol. The van der Waals surface area contributed by atoms with Crippen molar-refractivity contribution in [3.8, 4) is 0 Å². The molecule has 1 aromatic carbocycles. The molecule has 1 saturated heterocycles. The molecule has 0 radical (unpaired) electrons. The Labute approximate surface area is 137 Å². The zero-order chi connectivity index (χ0) is 15.4. The molecule has 118 valence electrons. The van der Waals surface area contributed by atoms with Crippen LogP contribution in [0, 0.1) is 5.92 Å². The lowest BCUT2D eigenvalue weighted by atomic mass is 9.89. The molecule has 3 rings (SSSR count). The van der Waals surface area contributed by atoms with Gasteiger partial charge in [0.15, 0.2) is 0 Å². The quantitative estimate of drug-likeness (QED) is 0.446. The molecular weight excluding hydrogens is 296 g/mol. The standard InChI is InChI=1S/C17H23ClN4/c18-15-6-4-13(5-7-15)12-14-8-10-22(11-9-14)17-3-1-2-16(17)20-21-19/h4-7,14,16-17H,1-3,8-12H2/t16-,17+/m1/s1. The van der Waals surface area contributed by atoms with Gasteiger partial charge in [-0.2, -0.15) is 0 Å². The van der Waals surface area contributed by atoms with Gasteiger partial charge in [-0.05, 0) is 74.3 Å². The highest BCUT2D eigenvalue weighted by atomic mass is 35.5. The molecule has 0 amide bonds. The number of azide groups is 1. The number of piperidine rings is 1. The van der Waals surface area contributed by atoms with Crippen LogP contribution < -0.4 is 0 Å².